The van der Waals surface area contributed by atoms with Gasteiger partial charge in [-0.05, 0) is 23.8 Å². The SMILES string of the molecule is CN1C(=O)/C(=C\c2ccccc2C(F)(F)F)c2ccccc21. The van der Waals surface area contributed by atoms with Crippen LogP contribution in [0, 0.1) is 0 Å². The minimum atomic E-state index is -4.46. The number of para-hydroxylation sites is 1. The summed E-state index contributed by atoms with van der Waals surface area (Å²) in [7, 11) is 1.61. The third-order valence-electron chi connectivity index (χ3n) is 3.66. The summed E-state index contributed by atoms with van der Waals surface area (Å²) in [6.07, 6.45) is -3.14. The number of rotatable bonds is 1. The Morgan fingerprint density at radius 2 is 1.64 bits per heavy atom. The highest BCUT2D eigenvalue weighted by molar-refractivity contribution is 6.35. The van der Waals surface area contributed by atoms with Crippen molar-refractivity contribution in [1.29, 1.82) is 0 Å². The molecule has 22 heavy (non-hydrogen) atoms. The van der Waals surface area contributed by atoms with Gasteiger partial charge >= 0.3 is 6.18 Å². The number of hydrogen-bond donors (Lipinski definition) is 0. The number of amides is 1. The first kappa shape index (κ1) is 14.4. The number of carbonyl (C=O) groups is 1. The molecule has 2 aromatic rings. The van der Waals surface area contributed by atoms with Crippen molar-refractivity contribution in [2.45, 2.75) is 6.18 Å². The molecule has 0 fully saturated rings. The van der Waals surface area contributed by atoms with Gasteiger partial charge in [0.2, 0.25) is 0 Å². The van der Waals surface area contributed by atoms with E-state index in [-0.39, 0.29) is 17.0 Å². The quantitative estimate of drug-likeness (QED) is 0.722. The highest BCUT2D eigenvalue weighted by Crippen LogP contribution is 2.38. The topological polar surface area (TPSA) is 20.3 Å². The third-order valence-corrected chi connectivity index (χ3v) is 3.66. The number of fused-ring (bicyclic) bond motifs is 1. The Labute approximate surface area is 125 Å². The van der Waals surface area contributed by atoms with Gasteiger partial charge in [-0.2, -0.15) is 13.2 Å². The van der Waals surface area contributed by atoms with Crippen LogP contribution in [0.15, 0.2) is 48.5 Å². The monoisotopic (exact) mass is 303 g/mol. The van der Waals surface area contributed by atoms with Gasteiger partial charge in [0.1, 0.15) is 0 Å². The minimum absolute atomic E-state index is 0.0107. The number of hydrogen-bond acceptors (Lipinski definition) is 1. The van der Waals surface area contributed by atoms with Crippen molar-refractivity contribution in [3.8, 4) is 0 Å². The molecule has 2 aromatic carbocycles. The fourth-order valence-electron chi connectivity index (χ4n) is 2.58. The molecule has 0 unspecified atom stereocenters. The van der Waals surface area contributed by atoms with E-state index in [0.717, 1.165) is 6.07 Å². The van der Waals surface area contributed by atoms with E-state index in [1.54, 1.807) is 31.3 Å². The molecule has 5 heteroatoms. The van der Waals surface area contributed by atoms with Gasteiger partial charge in [0.15, 0.2) is 0 Å². The highest BCUT2D eigenvalue weighted by atomic mass is 19.4. The van der Waals surface area contributed by atoms with Gasteiger partial charge in [-0.25, -0.2) is 0 Å². The third kappa shape index (κ3) is 2.28. The minimum Gasteiger partial charge on any atom is -0.311 e. The predicted molar refractivity (Wildman–Crippen MR) is 79.2 cm³/mol. The summed E-state index contributed by atoms with van der Waals surface area (Å²) >= 11 is 0. The number of halogens is 3. The zero-order valence-corrected chi connectivity index (χ0v) is 11.7. The van der Waals surface area contributed by atoms with Crippen molar-refractivity contribution in [3.63, 3.8) is 0 Å². The van der Waals surface area contributed by atoms with Crippen LogP contribution in [0.25, 0.3) is 11.6 Å². The first-order valence-electron chi connectivity index (χ1n) is 6.65. The number of anilines is 1. The molecular weight excluding hydrogens is 291 g/mol. The number of nitrogens with zero attached hydrogens (tertiary/aromatic N) is 1. The molecule has 112 valence electrons. The van der Waals surface area contributed by atoms with E-state index in [9.17, 15) is 18.0 Å². The van der Waals surface area contributed by atoms with E-state index in [0.29, 0.717) is 11.3 Å². The van der Waals surface area contributed by atoms with Gasteiger partial charge in [0.25, 0.3) is 5.91 Å². The zero-order chi connectivity index (χ0) is 15.9. The molecule has 0 saturated carbocycles. The van der Waals surface area contributed by atoms with Crippen LogP contribution in [-0.4, -0.2) is 13.0 Å². The molecule has 1 heterocycles. The van der Waals surface area contributed by atoms with Crippen LogP contribution in [0.2, 0.25) is 0 Å². The molecule has 2 nitrogen and oxygen atoms in total. The Balaban J connectivity index is 2.17. The fraction of sp³-hybridized carbons (Fsp3) is 0.118. The average Bonchev–Trinajstić information content (AvgIpc) is 2.72. The fourth-order valence-corrected chi connectivity index (χ4v) is 2.58. The Bertz CT molecular complexity index is 777. The van der Waals surface area contributed by atoms with Crippen molar-refractivity contribution >= 4 is 23.2 Å². The van der Waals surface area contributed by atoms with Crippen LogP contribution in [0.5, 0.6) is 0 Å². The van der Waals surface area contributed by atoms with Crippen LogP contribution >= 0.6 is 0 Å². The molecule has 0 radical (unpaired) electrons. The van der Waals surface area contributed by atoms with Crippen molar-refractivity contribution in [2.75, 3.05) is 11.9 Å². The molecule has 0 N–H and O–H groups in total. The summed E-state index contributed by atoms with van der Waals surface area (Å²) in [6, 6.07) is 12.3. The maximum atomic E-state index is 13.1. The first-order chi connectivity index (χ1) is 10.4. The summed E-state index contributed by atoms with van der Waals surface area (Å²) in [4.78, 5) is 13.7. The molecule has 0 bridgehead atoms. The maximum Gasteiger partial charge on any atom is 0.416 e. The summed E-state index contributed by atoms with van der Waals surface area (Å²) in [6.45, 7) is 0. The van der Waals surface area contributed by atoms with Crippen LogP contribution in [0.3, 0.4) is 0 Å². The molecule has 3 rings (SSSR count). The molecule has 1 aliphatic rings. The van der Waals surface area contributed by atoms with Crippen LogP contribution < -0.4 is 4.90 Å². The van der Waals surface area contributed by atoms with Gasteiger partial charge in [-0.15, -0.1) is 0 Å². The maximum absolute atomic E-state index is 13.1. The predicted octanol–water partition coefficient (Wildman–Crippen LogP) is 4.22. The standard InChI is InChI=1S/C17H12F3NO/c1-21-15-9-5-3-7-12(15)13(16(21)22)10-11-6-2-4-8-14(11)17(18,19)20/h2-10H,1H3/b13-10-. The molecule has 0 aromatic heterocycles. The lowest BCUT2D eigenvalue weighted by molar-refractivity contribution is -0.137. The second-order valence-corrected chi connectivity index (χ2v) is 5.02. The van der Waals surface area contributed by atoms with E-state index in [1.807, 2.05) is 0 Å². The van der Waals surface area contributed by atoms with Crippen LogP contribution in [0.1, 0.15) is 16.7 Å². The van der Waals surface area contributed by atoms with Crippen molar-refractivity contribution in [1.82, 2.24) is 0 Å². The van der Waals surface area contributed by atoms with E-state index < -0.39 is 11.7 Å². The lowest BCUT2D eigenvalue weighted by Crippen LogP contribution is -2.20. The van der Waals surface area contributed by atoms with Gasteiger partial charge in [0.05, 0.1) is 11.3 Å². The summed E-state index contributed by atoms with van der Waals surface area (Å²) in [5.74, 6) is -0.307. The largest absolute Gasteiger partial charge is 0.416 e. The Morgan fingerprint density at radius 3 is 2.36 bits per heavy atom. The van der Waals surface area contributed by atoms with E-state index >= 15 is 0 Å². The molecule has 1 amide bonds. The normalized spacial score (nSPS) is 16.3. The molecule has 1 aliphatic heterocycles. The van der Waals surface area contributed by atoms with E-state index in [4.69, 9.17) is 0 Å². The molecule has 0 spiro atoms. The number of benzene rings is 2. The van der Waals surface area contributed by atoms with Gasteiger partial charge in [0, 0.05) is 18.2 Å². The summed E-state index contributed by atoms with van der Waals surface area (Å²) in [5, 5.41) is 0. The average molecular weight is 303 g/mol. The molecule has 0 aliphatic carbocycles. The Kier molecular flexibility index (Phi) is 3.28. The second-order valence-electron chi connectivity index (χ2n) is 5.02. The Morgan fingerprint density at radius 1 is 1.00 bits per heavy atom. The Hall–Kier alpha value is -2.56. The molecular formula is C17H12F3NO. The highest BCUT2D eigenvalue weighted by Gasteiger charge is 2.34. The van der Waals surface area contributed by atoms with Crippen molar-refractivity contribution in [2.24, 2.45) is 0 Å². The second kappa shape index (κ2) is 5.02. The number of alkyl halides is 3. The lowest BCUT2D eigenvalue weighted by Gasteiger charge is -2.10. The molecule has 0 atom stereocenters. The van der Waals surface area contributed by atoms with Crippen LogP contribution in [-0.2, 0) is 11.0 Å². The number of carbonyl (C=O) groups excluding carboxylic acids is 1. The van der Waals surface area contributed by atoms with Gasteiger partial charge in [-0.3, -0.25) is 4.79 Å². The van der Waals surface area contributed by atoms with Gasteiger partial charge in [-0.1, -0.05) is 36.4 Å². The van der Waals surface area contributed by atoms with Crippen molar-refractivity contribution in [3.05, 3.63) is 65.2 Å². The summed E-state index contributed by atoms with van der Waals surface area (Å²) in [5.41, 5.74) is 0.857. The summed E-state index contributed by atoms with van der Waals surface area (Å²) < 4.78 is 39.2. The zero-order valence-electron chi connectivity index (χ0n) is 11.7. The van der Waals surface area contributed by atoms with E-state index in [2.05, 4.69) is 0 Å². The molecule has 0 saturated heterocycles. The smallest absolute Gasteiger partial charge is 0.311 e. The van der Waals surface area contributed by atoms with Gasteiger partial charge < -0.3 is 4.90 Å². The van der Waals surface area contributed by atoms with E-state index in [1.165, 1.54) is 29.2 Å². The van der Waals surface area contributed by atoms with Crippen LogP contribution in [0.4, 0.5) is 18.9 Å². The number of likely N-dealkylation sites (N-methyl/N-ethyl adjacent to an activating group) is 1. The van der Waals surface area contributed by atoms with Crippen molar-refractivity contribution < 1.29 is 18.0 Å². The lowest BCUT2D eigenvalue weighted by atomic mass is 10.0. The first-order valence-corrected chi connectivity index (χ1v) is 6.65.